The van der Waals surface area contributed by atoms with E-state index in [0.29, 0.717) is 13.2 Å². The Balaban J connectivity index is 1.99. The molecule has 0 fully saturated rings. The zero-order valence-corrected chi connectivity index (χ0v) is 15.0. The van der Waals surface area contributed by atoms with Crippen LogP contribution in [0.15, 0.2) is 60.7 Å². The van der Waals surface area contributed by atoms with E-state index in [9.17, 15) is 5.11 Å². The largest absolute Gasteiger partial charge is 0.389 e. The van der Waals surface area contributed by atoms with Crippen molar-refractivity contribution in [2.75, 3.05) is 13.2 Å². The number of benzene rings is 2. The molecule has 0 saturated carbocycles. The highest BCUT2D eigenvalue weighted by molar-refractivity contribution is 5.17. The van der Waals surface area contributed by atoms with Gasteiger partial charge < -0.3 is 9.84 Å². The molecule has 0 saturated heterocycles. The highest BCUT2D eigenvalue weighted by atomic mass is 16.5. The van der Waals surface area contributed by atoms with Gasteiger partial charge in [-0.05, 0) is 31.9 Å². The van der Waals surface area contributed by atoms with E-state index in [0.717, 1.165) is 13.1 Å². The van der Waals surface area contributed by atoms with E-state index in [1.54, 1.807) is 0 Å². The number of aliphatic hydroxyl groups excluding tert-OH is 1. The molecule has 0 aliphatic heterocycles. The van der Waals surface area contributed by atoms with Crippen molar-refractivity contribution in [2.45, 2.75) is 45.6 Å². The van der Waals surface area contributed by atoms with Crippen molar-refractivity contribution in [3.63, 3.8) is 0 Å². The van der Waals surface area contributed by atoms with Gasteiger partial charge in [0.1, 0.15) is 0 Å². The van der Waals surface area contributed by atoms with E-state index in [1.807, 2.05) is 32.9 Å². The SMILES string of the molecule is CC(C)(C)OC[C@@H](O)CN(Cc1ccccc1)Cc1ccccc1. The van der Waals surface area contributed by atoms with Crippen LogP contribution in [-0.2, 0) is 17.8 Å². The second kappa shape index (κ2) is 8.97. The smallest absolute Gasteiger partial charge is 0.0900 e. The Morgan fingerprint density at radius 3 is 1.75 bits per heavy atom. The lowest BCUT2D eigenvalue weighted by molar-refractivity contribution is -0.0572. The first-order chi connectivity index (χ1) is 11.4. The van der Waals surface area contributed by atoms with Crippen molar-refractivity contribution in [1.82, 2.24) is 4.90 Å². The normalized spacial score (nSPS) is 13.2. The maximum atomic E-state index is 10.4. The van der Waals surface area contributed by atoms with Crippen molar-refractivity contribution in [3.8, 4) is 0 Å². The molecule has 1 atom stereocenters. The third-order valence-corrected chi connectivity index (χ3v) is 3.68. The number of hydrogen-bond donors (Lipinski definition) is 1. The van der Waals surface area contributed by atoms with Crippen LogP contribution in [0.1, 0.15) is 31.9 Å². The summed E-state index contributed by atoms with van der Waals surface area (Å²) in [5.41, 5.74) is 2.26. The molecular formula is C21H29NO2. The fourth-order valence-corrected chi connectivity index (χ4v) is 2.57. The molecular weight excluding hydrogens is 298 g/mol. The van der Waals surface area contributed by atoms with E-state index >= 15 is 0 Å². The molecule has 0 unspecified atom stereocenters. The van der Waals surface area contributed by atoms with Crippen LogP contribution in [0.4, 0.5) is 0 Å². The first kappa shape index (κ1) is 18.7. The molecule has 2 aromatic carbocycles. The van der Waals surface area contributed by atoms with E-state index in [-0.39, 0.29) is 5.60 Å². The Labute approximate surface area is 145 Å². The Morgan fingerprint density at radius 1 is 0.875 bits per heavy atom. The number of rotatable bonds is 8. The van der Waals surface area contributed by atoms with Crippen molar-refractivity contribution >= 4 is 0 Å². The van der Waals surface area contributed by atoms with Crippen LogP contribution >= 0.6 is 0 Å². The van der Waals surface area contributed by atoms with Crippen LogP contribution < -0.4 is 0 Å². The summed E-state index contributed by atoms with van der Waals surface area (Å²) in [7, 11) is 0. The molecule has 0 bridgehead atoms. The molecule has 0 radical (unpaired) electrons. The van der Waals surface area contributed by atoms with Gasteiger partial charge in [-0.25, -0.2) is 0 Å². The van der Waals surface area contributed by atoms with Crippen molar-refractivity contribution in [2.24, 2.45) is 0 Å². The van der Waals surface area contributed by atoms with E-state index in [1.165, 1.54) is 11.1 Å². The highest BCUT2D eigenvalue weighted by Gasteiger charge is 2.17. The predicted molar refractivity (Wildman–Crippen MR) is 98.7 cm³/mol. The predicted octanol–water partition coefficient (Wildman–Crippen LogP) is 3.86. The van der Waals surface area contributed by atoms with Gasteiger partial charge in [-0.3, -0.25) is 4.90 Å². The fourth-order valence-electron chi connectivity index (χ4n) is 2.57. The molecule has 0 aromatic heterocycles. The van der Waals surface area contributed by atoms with Crippen LogP contribution in [0.25, 0.3) is 0 Å². The summed E-state index contributed by atoms with van der Waals surface area (Å²) < 4.78 is 5.72. The fraction of sp³-hybridized carbons (Fsp3) is 0.429. The number of aliphatic hydroxyl groups is 1. The van der Waals surface area contributed by atoms with Crippen LogP contribution in [0.5, 0.6) is 0 Å². The minimum absolute atomic E-state index is 0.231. The Morgan fingerprint density at radius 2 is 1.33 bits per heavy atom. The summed E-state index contributed by atoms with van der Waals surface area (Å²) in [5.74, 6) is 0. The van der Waals surface area contributed by atoms with Gasteiger partial charge in [0.15, 0.2) is 0 Å². The minimum Gasteiger partial charge on any atom is -0.389 e. The van der Waals surface area contributed by atoms with Gasteiger partial charge in [-0.15, -0.1) is 0 Å². The van der Waals surface area contributed by atoms with Crippen LogP contribution in [0, 0.1) is 0 Å². The summed E-state index contributed by atoms with van der Waals surface area (Å²) in [6.07, 6.45) is -0.503. The summed E-state index contributed by atoms with van der Waals surface area (Å²) in [4.78, 5) is 2.27. The molecule has 0 amide bonds. The number of hydrogen-bond acceptors (Lipinski definition) is 3. The number of ether oxygens (including phenoxy) is 1. The topological polar surface area (TPSA) is 32.7 Å². The summed E-state index contributed by atoms with van der Waals surface area (Å²) in [6, 6.07) is 20.7. The van der Waals surface area contributed by atoms with Crippen molar-refractivity contribution in [3.05, 3.63) is 71.8 Å². The zero-order chi connectivity index (χ0) is 17.4. The monoisotopic (exact) mass is 327 g/mol. The lowest BCUT2D eigenvalue weighted by Gasteiger charge is -2.27. The lowest BCUT2D eigenvalue weighted by atomic mass is 10.1. The molecule has 2 aromatic rings. The molecule has 3 heteroatoms. The van der Waals surface area contributed by atoms with Gasteiger partial charge >= 0.3 is 0 Å². The van der Waals surface area contributed by atoms with Crippen LogP contribution in [-0.4, -0.2) is 34.9 Å². The number of nitrogens with zero attached hydrogens (tertiary/aromatic N) is 1. The van der Waals surface area contributed by atoms with Gasteiger partial charge in [-0.2, -0.15) is 0 Å². The third kappa shape index (κ3) is 7.26. The molecule has 0 aliphatic carbocycles. The van der Waals surface area contributed by atoms with Gasteiger partial charge in [0.2, 0.25) is 0 Å². The summed E-state index contributed by atoms with van der Waals surface area (Å²) in [5, 5.41) is 10.4. The first-order valence-electron chi connectivity index (χ1n) is 8.54. The van der Waals surface area contributed by atoms with Crippen molar-refractivity contribution in [1.29, 1.82) is 0 Å². The molecule has 0 aliphatic rings. The van der Waals surface area contributed by atoms with Crippen LogP contribution in [0.3, 0.4) is 0 Å². The Hall–Kier alpha value is -1.68. The van der Waals surface area contributed by atoms with Crippen molar-refractivity contribution < 1.29 is 9.84 Å². The maximum absolute atomic E-state index is 10.4. The molecule has 2 rings (SSSR count). The standard InChI is InChI=1S/C21H29NO2/c1-21(2,3)24-17-20(23)16-22(14-18-10-6-4-7-11-18)15-19-12-8-5-9-13-19/h4-13,20,23H,14-17H2,1-3H3/t20-/m0/s1. The minimum atomic E-state index is -0.503. The lowest BCUT2D eigenvalue weighted by Crippen LogP contribution is -2.36. The third-order valence-electron chi connectivity index (χ3n) is 3.68. The quantitative estimate of drug-likeness (QED) is 0.799. The summed E-state index contributed by atoms with van der Waals surface area (Å²) >= 11 is 0. The van der Waals surface area contributed by atoms with Gasteiger partial charge in [0.05, 0.1) is 18.3 Å². The van der Waals surface area contributed by atoms with Crippen LogP contribution in [0.2, 0.25) is 0 Å². The highest BCUT2D eigenvalue weighted by Crippen LogP contribution is 2.12. The molecule has 24 heavy (non-hydrogen) atoms. The second-order valence-corrected chi connectivity index (χ2v) is 7.22. The molecule has 3 nitrogen and oxygen atoms in total. The van der Waals surface area contributed by atoms with Gasteiger partial charge in [0, 0.05) is 19.6 Å². The summed E-state index contributed by atoms with van der Waals surface area (Å²) in [6.45, 7) is 8.57. The Kier molecular flexibility index (Phi) is 6.98. The first-order valence-corrected chi connectivity index (χ1v) is 8.54. The van der Waals surface area contributed by atoms with E-state index < -0.39 is 6.10 Å². The average molecular weight is 327 g/mol. The maximum Gasteiger partial charge on any atom is 0.0900 e. The molecule has 0 heterocycles. The molecule has 0 spiro atoms. The van der Waals surface area contributed by atoms with Gasteiger partial charge in [-0.1, -0.05) is 60.7 Å². The van der Waals surface area contributed by atoms with Gasteiger partial charge in [0.25, 0.3) is 0 Å². The zero-order valence-electron chi connectivity index (χ0n) is 15.0. The molecule has 130 valence electrons. The Bertz CT molecular complexity index is 536. The van der Waals surface area contributed by atoms with E-state index in [2.05, 4.69) is 53.4 Å². The average Bonchev–Trinajstić information content (AvgIpc) is 2.54. The molecule has 1 N–H and O–H groups in total. The second-order valence-electron chi connectivity index (χ2n) is 7.22. The van der Waals surface area contributed by atoms with E-state index in [4.69, 9.17) is 4.74 Å².